The minimum atomic E-state index is -0.212. The Morgan fingerprint density at radius 3 is 2.41 bits per heavy atom. The summed E-state index contributed by atoms with van der Waals surface area (Å²) in [5.74, 6) is 1.19. The number of pyridine rings is 1. The molecule has 0 bridgehead atoms. The van der Waals surface area contributed by atoms with Gasteiger partial charge in [-0.3, -0.25) is 9.59 Å². The van der Waals surface area contributed by atoms with Crippen LogP contribution in [0.15, 0.2) is 65.5 Å². The van der Waals surface area contributed by atoms with Crippen molar-refractivity contribution in [3.05, 3.63) is 76.5 Å². The van der Waals surface area contributed by atoms with Gasteiger partial charge in [0.05, 0.1) is 23.3 Å². The molecule has 2 heterocycles. The standard InChI is InChI=1S/C26H24N2O4/c1-3-31-24-13-17-12-16(2)32-23(17)14-20(24)27-25(29)15-28-21-10-6-4-8-18(21)26(30)19-9-5-7-11-22(19)28/h4-11,13-14,16H,3,12,15H2,1-2H3,(H,27,29). The van der Waals surface area contributed by atoms with E-state index in [0.717, 1.165) is 28.8 Å². The summed E-state index contributed by atoms with van der Waals surface area (Å²) in [7, 11) is 0. The van der Waals surface area contributed by atoms with Gasteiger partial charge in [0, 0.05) is 28.8 Å². The zero-order chi connectivity index (χ0) is 22.2. The highest BCUT2D eigenvalue weighted by Crippen LogP contribution is 2.38. The van der Waals surface area contributed by atoms with Gasteiger partial charge in [0.15, 0.2) is 5.43 Å². The molecule has 1 amide bonds. The van der Waals surface area contributed by atoms with Crippen molar-refractivity contribution in [1.29, 1.82) is 0 Å². The highest BCUT2D eigenvalue weighted by molar-refractivity contribution is 5.98. The van der Waals surface area contributed by atoms with Crippen molar-refractivity contribution >= 4 is 33.4 Å². The highest BCUT2D eigenvalue weighted by atomic mass is 16.5. The minimum Gasteiger partial charge on any atom is -0.492 e. The van der Waals surface area contributed by atoms with E-state index in [0.29, 0.717) is 28.8 Å². The Hall–Kier alpha value is -3.80. The van der Waals surface area contributed by atoms with Crippen LogP contribution in [0.1, 0.15) is 19.4 Å². The van der Waals surface area contributed by atoms with E-state index in [1.807, 2.05) is 66.9 Å². The van der Waals surface area contributed by atoms with E-state index >= 15 is 0 Å². The fourth-order valence-electron chi connectivity index (χ4n) is 4.39. The van der Waals surface area contributed by atoms with Gasteiger partial charge in [0.1, 0.15) is 24.1 Å². The van der Waals surface area contributed by atoms with Gasteiger partial charge in [-0.2, -0.15) is 0 Å². The second-order valence-electron chi connectivity index (χ2n) is 8.02. The summed E-state index contributed by atoms with van der Waals surface area (Å²) in [6, 6.07) is 18.5. The third-order valence-corrected chi connectivity index (χ3v) is 5.75. The number of para-hydroxylation sites is 2. The number of anilines is 1. The van der Waals surface area contributed by atoms with Gasteiger partial charge in [-0.25, -0.2) is 0 Å². The number of carbonyl (C=O) groups excluding carboxylic acids is 1. The molecule has 0 aliphatic carbocycles. The molecule has 0 saturated heterocycles. The van der Waals surface area contributed by atoms with E-state index in [9.17, 15) is 9.59 Å². The molecule has 0 radical (unpaired) electrons. The molecule has 5 rings (SSSR count). The fourth-order valence-corrected chi connectivity index (χ4v) is 4.39. The molecule has 6 nitrogen and oxygen atoms in total. The highest BCUT2D eigenvalue weighted by Gasteiger charge is 2.23. The average Bonchev–Trinajstić information content (AvgIpc) is 3.16. The average molecular weight is 428 g/mol. The van der Waals surface area contributed by atoms with E-state index in [2.05, 4.69) is 5.32 Å². The largest absolute Gasteiger partial charge is 0.492 e. The minimum absolute atomic E-state index is 0.0311. The van der Waals surface area contributed by atoms with Gasteiger partial charge in [0.25, 0.3) is 0 Å². The van der Waals surface area contributed by atoms with Crippen LogP contribution in [0, 0.1) is 0 Å². The molecule has 4 aromatic rings. The van der Waals surface area contributed by atoms with Crippen molar-refractivity contribution in [3.8, 4) is 11.5 Å². The summed E-state index contributed by atoms with van der Waals surface area (Å²) in [5.41, 5.74) is 3.08. The Morgan fingerprint density at radius 2 is 1.75 bits per heavy atom. The van der Waals surface area contributed by atoms with E-state index in [1.54, 1.807) is 12.1 Å². The third-order valence-electron chi connectivity index (χ3n) is 5.75. The summed E-state index contributed by atoms with van der Waals surface area (Å²) in [6.45, 7) is 4.48. The molecular weight excluding hydrogens is 404 g/mol. The van der Waals surface area contributed by atoms with Crippen molar-refractivity contribution in [3.63, 3.8) is 0 Å². The Morgan fingerprint density at radius 1 is 1.09 bits per heavy atom. The number of nitrogens with one attached hydrogen (secondary N) is 1. The second kappa shape index (κ2) is 8.04. The summed E-state index contributed by atoms with van der Waals surface area (Å²) < 4.78 is 13.5. The molecule has 1 aliphatic heterocycles. The maximum Gasteiger partial charge on any atom is 0.244 e. The molecule has 0 spiro atoms. The van der Waals surface area contributed by atoms with Crippen molar-refractivity contribution in [1.82, 2.24) is 4.57 Å². The van der Waals surface area contributed by atoms with E-state index in [1.165, 1.54) is 0 Å². The van der Waals surface area contributed by atoms with Crippen LogP contribution in [-0.4, -0.2) is 23.2 Å². The van der Waals surface area contributed by atoms with Crippen molar-refractivity contribution in [2.45, 2.75) is 32.9 Å². The van der Waals surface area contributed by atoms with E-state index in [4.69, 9.17) is 9.47 Å². The van der Waals surface area contributed by atoms with Gasteiger partial charge in [0.2, 0.25) is 5.91 Å². The van der Waals surface area contributed by atoms with Crippen LogP contribution >= 0.6 is 0 Å². The van der Waals surface area contributed by atoms with Gasteiger partial charge in [-0.15, -0.1) is 0 Å². The Bertz CT molecular complexity index is 1350. The lowest BCUT2D eigenvalue weighted by Crippen LogP contribution is -2.22. The molecule has 1 N–H and O–H groups in total. The topological polar surface area (TPSA) is 69.6 Å². The lowest BCUT2D eigenvalue weighted by Gasteiger charge is -2.17. The van der Waals surface area contributed by atoms with E-state index in [-0.39, 0.29) is 24.0 Å². The zero-order valence-electron chi connectivity index (χ0n) is 18.1. The monoisotopic (exact) mass is 428 g/mol. The van der Waals surface area contributed by atoms with Gasteiger partial charge in [-0.05, 0) is 44.2 Å². The van der Waals surface area contributed by atoms with Crippen LogP contribution in [0.4, 0.5) is 5.69 Å². The fraction of sp³-hybridized carbons (Fsp3) is 0.231. The first-order valence-corrected chi connectivity index (χ1v) is 10.8. The maximum atomic E-state index is 13.2. The van der Waals surface area contributed by atoms with Crippen LogP contribution in [0.2, 0.25) is 0 Å². The SMILES string of the molecule is CCOc1cc2c(cc1NC(=O)Cn1c3ccccc3c(=O)c3ccccc31)OC(C)C2. The molecular formula is C26H24N2O4. The van der Waals surface area contributed by atoms with Crippen LogP contribution in [0.3, 0.4) is 0 Å². The maximum absolute atomic E-state index is 13.2. The Balaban J connectivity index is 1.53. The normalized spacial score (nSPS) is 14.9. The smallest absolute Gasteiger partial charge is 0.244 e. The van der Waals surface area contributed by atoms with Gasteiger partial charge in [-0.1, -0.05) is 24.3 Å². The van der Waals surface area contributed by atoms with Crippen LogP contribution < -0.4 is 20.2 Å². The number of ether oxygens (including phenoxy) is 2. The predicted octanol–water partition coefficient (Wildman–Crippen LogP) is 4.52. The number of amides is 1. The first kappa shape index (κ1) is 20.1. The van der Waals surface area contributed by atoms with Crippen LogP contribution in [-0.2, 0) is 17.8 Å². The number of aromatic nitrogens is 1. The molecule has 1 atom stereocenters. The molecule has 0 fully saturated rings. The van der Waals surface area contributed by atoms with Crippen LogP contribution in [0.5, 0.6) is 11.5 Å². The number of nitrogens with zero attached hydrogens (tertiary/aromatic N) is 1. The number of benzene rings is 3. The molecule has 3 aromatic carbocycles. The lowest BCUT2D eigenvalue weighted by atomic mass is 10.1. The predicted molar refractivity (Wildman–Crippen MR) is 126 cm³/mol. The summed E-state index contributed by atoms with van der Waals surface area (Å²) in [5, 5.41) is 4.17. The zero-order valence-corrected chi connectivity index (χ0v) is 18.1. The molecule has 0 saturated carbocycles. The van der Waals surface area contributed by atoms with Crippen molar-refractivity contribution in [2.24, 2.45) is 0 Å². The first-order valence-electron chi connectivity index (χ1n) is 10.8. The summed E-state index contributed by atoms with van der Waals surface area (Å²) in [6.07, 6.45) is 0.920. The Kier molecular flexibility index (Phi) is 5.05. The molecule has 1 aromatic heterocycles. The number of hydrogen-bond donors (Lipinski definition) is 1. The number of fused-ring (bicyclic) bond motifs is 3. The van der Waals surface area contributed by atoms with Gasteiger partial charge >= 0.3 is 0 Å². The van der Waals surface area contributed by atoms with Crippen molar-refractivity contribution < 1.29 is 14.3 Å². The Labute approximate surface area is 185 Å². The molecule has 162 valence electrons. The second-order valence-corrected chi connectivity index (χ2v) is 8.02. The summed E-state index contributed by atoms with van der Waals surface area (Å²) >= 11 is 0. The molecule has 1 unspecified atom stereocenters. The van der Waals surface area contributed by atoms with Gasteiger partial charge < -0.3 is 19.4 Å². The first-order chi connectivity index (χ1) is 15.5. The summed E-state index contributed by atoms with van der Waals surface area (Å²) in [4.78, 5) is 26.1. The molecule has 1 aliphatic rings. The number of carbonyl (C=O) groups is 1. The molecule has 32 heavy (non-hydrogen) atoms. The van der Waals surface area contributed by atoms with E-state index < -0.39 is 0 Å². The molecule has 6 heteroatoms. The van der Waals surface area contributed by atoms with Crippen molar-refractivity contribution in [2.75, 3.05) is 11.9 Å². The number of rotatable bonds is 5. The number of hydrogen-bond acceptors (Lipinski definition) is 4. The lowest BCUT2D eigenvalue weighted by molar-refractivity contribution is -0.116. The third kappa shape index (κ3) is 3.47. The quantitative estimate of drug-likeness (QED) is 0.475. The van der Waals surface area contributed by atoms with Crippen LogP contribution in [0.25, 0.3) is 21.8 Å².